The van der Waals surface area contributed by atoms with E-state index in [9.17, 15) is 4.79 Å². The summed E-state index contributed by atoms with van der Waals surface area (Å²) in [5, 5.41) is 0. The Morgan fingerprint density at radius 2 is 2.41 bits per heavy atom. The van der Waals surface area contributed by atoms with Gasteiger partial charge in [-0.1, -0.05) is 12.7 Å². The summed E-state index contributed by atoms with van der Waals surface area (Å²) in [4.78, 5) is 13.7. The smallest absolute Gasteiger partial charge is 0.335 e. The van der Waals surface area contributed by atoms with Gasteiger partial charge in [-0.25, -0.2) is 4.79 Å². The van der Waals surface area contributed by atoms with Gasteiger partial charge in [0, 0.05) is 24.2 Å². The normalized spacial score (nSPS) is 22.7. The molecular weight excluding hydrogens is 214 g/mol. The lowest BCUT2D eigenvalue weighted by atomic mass is 10.0. The molecule has 2 rings (SSSR count). The first kappa shape index (κ1) is 12.0. The molecule has 0 saturated heterocycles. The van der Waals surface area contributed by atoms with Crippen molar-refractivity contribution in [3.63, 3.8) is 0 Å². The zero-order valence-electron chi connectivity index (χ0n) is 10.5. The van der Waals surface area contributed by atoms with Crippen molar-refractivity contribution in [1.82, 2.24) is 4.90 Å². The Hall–Kier alpha value is -1.51. The fourth-order valence-corrected chi connectivity index (χ4v) is 2.38. The Labute approximate surface area is 102 Å². The van der Waals surface area contributed by atoms with E-state index in [4.69, 9.17) is 4.74 Å². The van der Waals surface area contributed by atoms with Crippen LogP contribution in [-0.2, 0) is 9.53 Å². The van der Waals surface area contributed by atoms with Crippen molar-refractivity contribution < 1.29 is 9.53 Å². The third-order valence-electron chi connectivity index (χ3n) is 3.26. The van der Waals surface area contributed by atoms with Gasteiger partial charge in [0.25, 0.3) is 0 Å². The van der Waals surface area contributed by atoms with E-state index in [0.29, 0.717) is 5.57 Å². The van der Waals surface area contributed by atoms with Gasteiger partial charge < -0.3 is 9.64 Å². The average molecular weight is 233 g/mol. The standard InChI is InChI=1S/C14H19NO2/c1-4-15-12-8-6-5-7-11(12)9-13(15)17-14(16)10(2)3/h6,8,13H,2,4-5,7,9H2,1,3H3. The molecule has 0 spiro atoms. The summed E-state index contributed by atoms with van der Waals surface area (Å²) in [6.45, 7) is 8.24. The molecule has 0 bridgehead atoms. The fourth-order valence-electron chi connectivity index (χ4n) is 2.38. The summed E-state index contributed by atoms with van der Waals surface area (Å²) < 4.78 is 5.48. The van der Waals surface area contributed by atoms with Crippen LogP contribution in [0.1, 0.15) is 33.1 Å². The molecule has 0 aromatic rings. The number of esters is 1. The van der Waals surface area contributed by atoms with Crippen LogP contribution in [0.15, 0.2) is 35.6 Å². The molecule has 0 saturated carbocycles. The lowest BCUT2D eigenvalue weighted by Crippen LogP contribution is -2.33. The highest BCUT2D eigenvalue weighted by atomic mass is 16.6. The monoisotopic (exact) mass is 233 g/mol. The molecule has 3 heteroatoms. The Bertz CT molecular complexity index is 406. The maximum absolute atomic E-state index is 11.6. The molecule has 1 aliphatic carbocycles. The quantitative estimate of drug-likeness (QED) is 0.554. The van der Waals surface area contributed by atoms with Crippen LogP contribution in [-0.4, -0.2) is 23.6 Å². The summed E-state index contributed by atoms with van der Waals surface area (Å²) in [6, 6.07) is 0. The van der Waals surface area contributed by atoms with Gasteiger partial charge in [0.05, 0.1) is 0 Å². The van der Waals surface area contributed by atoms with Crippen LogP contribution >= 0.6 is 0 Å². The van der Waals surface area contributed by atoms with Crippen LogP contribution in [0.25, 0.3) is 0 Å². The summed E-state index contributed by atoms with van der Waals surface area (Å²) in [5.41, 5.74) is 3.12. The topological polar surface area (TPSA) is 29.5 Å². The summed E-state index contributed by atoms with van der Waals surface area (Å²) in [6.07, 6.45) is 7.21. The molecule has 1 unspecified atom stereocenters. The molecule has 0 aromatic heterocycles. The minimum atomic E-state index is -0.294. The lowest BCUT2D eigenvalue weighted by Gasteiger charge is -2.27. The Balaban J connectivity index is 2.10. The second-order valence-electron chi connectivity index (χ2n) is 4.56. The van der Waals surface area contributed by atoms with Gasteiger partial charge in [0.15, 0.2) is 6.23 Å². The molecule has 1 aliphatic heterocycles. The Kier molecular flexibility index (Phi) is 3.36. The van der Waals surface area contributed by atoms with Crippen molar-refractivity contribution in [3.05, 3.63) is 35.6 Å². The number of likely N-dealkylation sites (N-methyl/N-ethyl adjacent to an activating group) is 1. The van der Waals surface area contributed by atoms with Crippen LogP contribution in [0.4, 0.5) is 0 Å². The van der Waals surface area contributed by atoms with Crippen molar-refractivity contribution in [2.75, 3.05) is 6.54 Å². The maximum Gasteiger partial charge on any atom is 0.335 e. The molecule has 0 N–H and O–H groups in total. The Morgan fingerprint density at radius 3 is 3.06 bits per heavy atom. The largest absolute Gasteiger partial charge is 0.438 e. The number of carbonyl (C=O) groups is 1. The van der Waals surface area contributed by atoms with E-state index in [2.05, 4.69) is 30.6 Å². The minimum Gasteiger partial charge on any atom is -0.438 e. The molecule has 92 valence electrons. The number of rotatable bonds is 3. The zero-order chi connectivity index (χ0) is 12.4. The second-order valence-corrected chi connectivity index (χ2v) is 4.56. The van der Waals surface area contributed by atoms with E-state index < -0.39 is 0 Å². The van der Waals surface area contributed by atoms with Crippen molar-refractivity contribution in [2.24, 2.45) is 0 Å². The number of hydrogen-bond acceptors (Lipinski definition) is 3. The average Bonchev–Trinajstić information content (AvgIpc) is 2.65. The van der Waals surface area contributed by atoms with Crippen LogP contribution in [0.5, 0.6) is 0 Å². The van der Waals surface area contributed by atoms with E-state index in [1.807, 2.05) is 0 Å². The van der Waals surface area contributed by atoms with E-state index >= 15 is 0 Å². The van der Waals surface area contributed by atoms with Gasteiger partial charge in [-0.05, 0) is 38.3 Å². The SMILES string of the molecule is C=C(C)C(=O)OC1CC2=C(C=CCC2)N1CC. The zero-order valence-corrected chi connectivity index (χ0v) is 10.5. The molecule has 0 radical (unpaired) electrons. The molecule has 1 atom stereocenters. The van der Waals surface area contributed by atoms with Crippen molar-refractivity contribution >= 4 is 5.97 Å². The number of carbonyl (C=O) groups excluding carboxylic acids is 1. The van der Waals surface area contributed by atoms with Crippen LogP contribution in [0.2, 0.25) is 0 Å². The van der Waals surface area contributed by atoms with Gasteiger partial charge in [0.1, 0.15) is 0 Å². The van der Waals surface area contributed by atoms with Crippen LogP contribution < -0.4 is 0 Å². The maximum atomic E-state index is 11.6. The van der Waals surface area contributed by atoms with Crippen molar-refractivity contribution in [2.45, 2.75) is 39.3 Å². The molecule has 0 fully saturated rings. The number of nitrogens with zero attached hydrogens (tertiary/aromatic N) is 1. The third-order valence-corrected chi connectivity index (χ3v) is 3.26. The van der Waals surface area contributed by atoms with E-state index in [1.165, 1.54) is 11.3 Å². The highest BCUT2D eigenvalue weighted by Crippen LogP contribution is 2.35. The van der Waals surface area contributed by atoms with E-state index in [-0.39, 0.29) is 12.2 Å². The first-order valence-corrected chi connectivity index (χ1v) is 6.15. The predicted octanol–water partition coefficient (Wildman–Crippen LogP) is 2.76. The van der Waals surface area contributed by atoms with Crippen LogP contribution in [0, 0.1) is 0 Å². The summed E-state index contributed by atoms with van der Waals surface area (Å²) in [5.74, 6) is -0.294. The van der Waals surface area contributed by atoms with Gasteiger partial charge in [-0.15, -0.1) is 0 Å². The summed E-state index contributed by atoms with van der Waals surface area (Å²) in [7, 11) is 0. The van der Waals surface area contributed by atoms with Gasteiger partial charge in [-0.2, -0.15) is 0 Å². The molecule has 0 amide bonds. The van der Waals surface area contributed by atoms with Crippen LogP contribution in [0.3, 0.4) is 0 Å². The van der Waals surface area contributed by atoms with Crippen molar-refractivity contribution in [3.8, 4) is 0 Å². The van der Waals surface area contributed by atoms with Gasteiger partial charge in [-0.3, -0.25) is 0 Å². The Morgan fingerprint density at radius 1 is 1.65 bits per heavy atom. The fraction of sp³-hybridized carbons (Fsp3) is 0.500. The molecule has 17 heavy (non-hydrogen) atoms. The molecule has 3 nitrogen and oxygen atoms in total. The second kappa shape index (κ2) is 4.78. The third kappa shape index (κ3) is 2.28. The number of hydrogen-bond donors (Lipinski definition) is 0. The minimum absolute atomic E-state index is 0.142. The van der Waals surface area contributed by atoms with E-state index in [1.54, 1.807) is 6.92 Å². The van der Waals surface area contributed by atoms with Gasteiger partial charge in [0.2, 0.25) is 0 Å². The first-order chi connectivity index (χ1) is 8.13. The lowest BCUT2D eigenvalue weighted by molar-refractivity contribution is -0.150. The highest BCUT2D eigenvalue weighted by Gasteiger charge is 2.32. The number of allylic oxidation sites excluding steroid dienone is 2. The first-order valence-electron chi connectivity index (χ1n) is 6.15. The number of ether oxygens (including phenoxy) is 1. The van der Waals surface area contributed by atoms with E-state index in [0.717, 1.165) is 25.8 Å². The molecule has 0 aromatic carbocycles. The molecule has 1 heterocycles. The summed E-state index contributed by atoms with van der Waals surface area (Å²) >= 11 is 0. The molecular formula is C14H19NO2. The predicted molar refractivity (Wildman–Crippen MR) is 67.1 cm³/mol. The van der Waals surface area contributed by atoms with Crippen molar-refractivity contribution in [1.29, 1.82) is 0 Å². The van der Waals surface area contributed by atoms with Gasteiger partial charge >= 0.3 is 5.97 Å². The highest BCUT2D eigenvalue weighted by molar-refractivity contribution is 5.87. The molecule has 2 aliphatic rings.